The van der Waals surface area contributed by atoms with E-state index in [2.05, 4.69) is 20.5 Å². The summed E-state index contributed by atoms with van der Waals surface area (Å²) in [6.45, 7) is 1.43. The first kappa shape index (κ1) is 15.3. The second kappa shape index (κ2) is 7.61. The zero-order chi connectivity index (χ0) is 15.1. The third-order valence-electron chi connectivity index (χ3n) is 2.61. The van der Waals surface area contributed by atoms with E-state index in [1.807, 2.05) is 6.07 Å². The number of nitrogens with zero attached hydrogens (tertiary/aromatic N) is 2. The summed E-state index contributed by atoms with van der Waals surface area (Å²) >= 11 is 5.86. The maximum absolute atomic E-state index is 11.3. The first-order valence-electron chi connectivity index (χ1n) is 6.24. The normalized spacial score (nSPS) is 10.4. The summed E-state index contributed by atoms with van der Waals surface area (Å²) in [6, 6.07) is 3.64. The lowest BCUT2D eigenvalue weighted by atomic mass is 10.3. The molecule has 0 aliphatic heterocycles. The van der Waals surface area contributed by atoms with Gasteiger partial charge in [-0.2, -0.15) is 5.10 Å². The molecule has 0 unspecified atom stereocenters. The fraction of sp³-hybridized carbons (Fsp3) is 0.308. The Bertz CT molecular complexity index is 630. The third kappa shape index (κ3) is 4.44. The van der Waals surface area contributed by atoms with Crippen molar-refractivity contribution in [2.45, 2.75) is 6.54 Å². The van der Waals surface area contributed by atoms with E-state index in [1.54, 1.807) is 19.4 Å². The molecule has 2 rings (SSSR count). The molecule has 112 valence electrons. The van der Waals surface area contributed by atoms with Crippen molar-refractivity contribution in [3.8, 4) is 5.88 Å². The van der Waals surface area contributed by atoms with E-state index >= 15 is 0 Å². The largest absolute Gasteiger partial charge is 0.475 e. The molecule has 7 nitrogen and oxygen atoms in total. The van der Waals surface area contributed by atoms with E-state index in [-0.39, 0.29) is 5.02 Å². The van der Waals surface area contributed by atoms with E-state index in [1.165, 1.54) is 6.20 Å². The molecule has 0 saturated carbocycles. The van der Waals surface area contributed by atoms with Gasteiger partial charge in [0.25, 0.3) is 5.56 Å². The second-order valence-electron chi connectivity index (χ2n) is 4.13. The van der Waals surface area contributed by atoms with Gasteiger partial charge < -0.3 is 14.8 Å². The highest BCUT2D eigenvalue weighted by Gasteiger charge is 2.04. The van der Waals surface area contributed by atoms with Gasteiger partial charge in [-0.25, -0.2) is 10.1 Å². The summed E-state index contributed by atoms with van der Waals surface area (Å²) in [4.78, 5) is 15.5. The van der Waals surface area contributed by atoms with Gasteiger partial charge in [-0.1, -0.05) is 17.7 Å². The minimum Gasteiger partial charge on any atom is -0.475 e. The van der Waals surface area contributed by atoms with Crippen LogP contribution in [0.25, 0.3) is 0 Å². The number of pyridine rings is 1. The van der Waals surface area contributed by atoms with Crippen molar-refractivity contribution >= 4 is 17.3 Å². The molecule has 0 atom stereocenters. The molecule has 0 amide bonds. The van der Waals surface area contributed by atoms with E-state index in [4.69, 9.17) is 21.1 Å². The fourth-order valence-corrected chi connectivity index (χ4v) is 1.69. The van der Waals surface area contributed by atoms with Gasteiger partial charge in [-0.05, 0) is 5.56 Å². The van der Waals surface area contributed by atoms with Gasteiger partial charge in [0.1, 0.15) is 11.6 Å². The summed E-state index contributed by atoms with van der Waals surface area (Å²) in [5, 5.41) is 9.04. The van der Waals surface area contributed by atoms with E-state index in [0.29, 0.717) is 31.3 Å². The number of halogens is 1. The molecule has 2 heterocycles. The van der Waals surface area contributed by atoms with Crippen molar-refractivity contribution in [1.82, 2.24) is 15.2 Å². The van der Waals surface area contributed by atoms with E-state index < -0.39 is 5.56 Å². The maximum Gasteiger partial charge on any atom is 0.285 e. The number of methoxy groups -OCH3 is 1. The summed E-state index contributed by atoms with van der Waals surface area (Å²) in [5.41, 5.74) is 0.966. The number of anilines is 1. The van der Waals surface area contributed by atoms with Gasteiger partial charge in [0.05, 0.1) is 18.5 Å². The summed E-state index contributed by atoms with van der Waals surface area (Å²) < 4.78 is 10.3. The summed E-state index contributed by atoms with van der Waals surface area (Å²) in [6.07, 6.45) is 3.14. The monoisotopic (exact) mass is 310 g/mol. The van der Waals surface area contributed by atoms with Crippen LogP contribution in [0.1, 0.15) is 5.56 Å². The number of rotatable bonds is 7. The predicted molar refractivity (Wildman–Crippen MR) is 78.8 cm³/mol. The lowest BCUT2D eigenvalue weighted by Gasteiger charge is -2.08. The second-order valence-corrected chi connectivity index (χ2v) is 4.50. The van der Waals surface area contributed by atoms with Crippen LogP contribution in [0.2, 0.25) is 5.02 Å². The molecule has 0 saturated heterocycles. The van der Waals surface area contributed by atoms with Gasteiger partial charge >= 0.3 is 0 Å². The van der Waals surface area contributed by atoms with Crippen LogP contribution >= 0.6 is 11.6 Å². The van der Waals surface area contributed by atoms with Gasteiger partial charge in [0.15, 0.2) is 0 Å². The molecule has 0 radical (unpaired) electrons. The smallest absolute Gasteiger partial charge is 0.285 e. The number of aromatic nitrogens is 3. The summed E-state index contributed by atoms with van der Waals surface area (Å²) in [7, 11) is 1.61. The average Bonchev–Trinajstić information content (AvgIpc) is 2.50. The first-order valence-corrected chi connectivity index (χ1v) is 6.62. The van der Waals surface area contributed by atoms with Crippen LogP contribution in [0.15, 0.2) is 29.3 Å². The van der Waals surface area contributed by atoms with Crippen LogP contribution in [0.4, 0.5) is 5.69 Å². The van der Waals surface area contributed by atoms with Crippen LogP contribution in [0, 0.1) is 0 Å². The highest BCUT2D eigenvalue weighted by molar-refractivity contribution is 6.32. The van der Waals surface area contributed by atoms with E-state index in [9.17, 15) is 4.79 Å². The Morgan fingerprint density at radius 3 is 2.90 bits per heavy atom. The first-order chi connectivity index (χ1) is 10.2. The fourth-order valence-electron chi connectivity index (χ4n) is 1.53. The van der Waals surface area contributed by atoms with Gasteiger partial charge in [0.2, 0.25) is 5.88 Å². The van der Waals surface area contributed by atoms with Crippen LogP contribution in [0.5, 0.6) is 5.88 Å². The number of nitrogens with one attached hydrogen (secondary N) is 2. The predicted octanol–water partition coefficient (Wildman–Crippen LogP) is 1.46. The molecule has 8 heteroatoms. The minimum atomic E-state index is -0.429. The molecule has 2 aromatic heterocycles. The molecule has 0 spiro atoms. The Morgan fingerprint density at radius 1 is 1.33 bits per heavy atom. The van der Waals surface area contributed by atoms with Gasteiger partial charge in [0, 0.05) is 25.9 Å². The van der Waals surface area contributed by atoms with Gasteiger partial charge in [-0.15, -0.1) is 0 Å². The molecule has 2 aromatic rings. The molecule has 0 aliphatic carbocycles. The molecule has 2 N–H and O–H groups in total. The minimum absolute atomic E-state index is 0.0810. The maximum atomic E-state index is 11.3. The zero-order valence-electron chi connectivity index (χ0n) is 11.4. The Labute approximate surface area is 126 Å². The van der Waals surface area contributed by atoms with Crippen LogP contribution in [0.3, 0.4) is 0 Å². The SMILES string of the molecule is COCCOc1ccc(CNc2cn[nH]c(=O)c2Cl)cn1. The Balaban J connectivity index is 1.91. The number of hydrogen-bond acceptors (Lipinski definition) is 6. The number of hydrogen-bond donors (Lipinski definition) is 2. The van der Waals surface area contributed by atoms with Crippen LogP contribution < -0.4 is 15.6 Å². The Morgan fingerprint density at radius 2 is 2.19 bits per heavy atom. The molecule has 0 aromatic carbocycles. The molecular weight excluding hydrogens is 296 g/mol. The number of H-pyrrole nitrogens is 1. The quantitative estimate of drug-likeness (QED) is 0.753. The van der Waals surface area contributed by atoms with Crippen molar-refractivity contribution in [2.75, 3.05) is 25.6 Å². The molecule has 21 heavy (non-hydrogen) atoms. The Hall–Kier alpha value is -2.12. The van der Waals surface area contributed by atoms with Crippen molar-refractivity contribution in [3.63, 3.8) is 0 Å². The Kier molecular flexibility index (Phi) is 5.53. The lowest BCUT2D eigenvalue weighted by molar-refractivity contribution is 0.143. The zero-order valence-corrected chi connectivity index (χ0v) is 12.2. The summed E-state index contributed by atoms with van der Waals surface area (Å²) in [5.74, 6) is 0.534. The molecule has 0 aliphatic rings. The van der Waals surface area contributed by atoms with Crippen molar-refractivity contribution < 1.29 is 9.47 Å². The van der Waals surface area contributed by atoms with Crippen molar-refractivity contribution in [1.29, 1.82) is 0 Å². The molecule has 0 fully saturated rings. The third-order valence-corrected chi connectivity index (χ3v) is 2.99. The van der Waals surface area contributed by atoms with Crippen LogP contribution in [-0.4, -0.2) is 35.5 Å². The highest BCUT2D eigenvalue weighted by atomic mass is 35.5. The van der Waals surface area contributed by atoms with Crippen molar-refractivity contribution in [2.24, 2.45) is 0 Å². The van der Waals surface area contributed by atoms with E-state index in [0.717, 1.165) is 5.56 Å². The average molecular weight is 311 g/mol. The van der Waals surface area contributed by atoms with Crippen LogP contribution in [-0.2, 0) is 11.3 Å². The van der Waals surface area contributed by atoms with Crippen molar-refractivity contribution in [3.05, 3.63) is 45.5 Å². The lowest BCUT2D eigenvalue weighted by Crippen LogP contribution is -2.12. The van der Waals surface area contributed by atoms with Gasteiger partial charge in [-0.3, -0.25) is 4.79 Å². The number of aromatic amines is 1. The number of ether oxygens (including phenoxy) is 2. The highest BCUT2D eigenvalue weighted by Crippen LogP contribution is 2.16. The molecule has 0 bridgehead atoms. The standard InChI is InChI=1S/C13H15ClN4O3/c1-20-4-5-21-11-3-2-9(7-16-11)6-15-10-8-17-18-13(19)12(10)14/h2-3,7-8H,4-6H2,1H3,(H2,15,18,19). The molecular formula is C13H15ClN4O3. The topological polar surface area (TPSA) is 89.1 Å².